The lowest BCUT2D eigenvalue weighted by molar-refractivity contribution is -0.140. The fourth-order valence-corrected chi connectivity index (χ4v) is 4.45. The molecule has 1 aliphatic rings. The number of imidazole rings is 1. The number of hydrogen-bond acceptors (Lipinski definition) is 6. The second kappa shape index (κ2) is 9.69. The number of aryl methyl sites for hydroxylation is 2. The second-order valence-electron chi connectivity index (χ2n) is 8.27. The Labute approximate surface area is 198 Å². The molecule has 1 aliphatic heterocycles. The standard InChI is InChI=1S/C26H29N3O5/c1-5-34-19-11-6-10-18(15-19)22-20(24(31)26(32)29(22)13-8-14-33-4)23(30)21-17(3)28-12-7-9-16(2)25(28)27-21/h6-7,9-12,15,22,30H,5,8,13-14H2,1-4H3. The van der Waals surface area contributed by atoms with Crippen LogP contribution in [0, 0.1) is 13.8 Å². The van der Waals surface area contributed by atoms with Gasteiger partial charge < -0.3 is 23.9 Å². The average molecular weight is 464 g/mol. The van der Waals surface area contributed by atoms with E-state index in [4.69, 9.17) is 9.47 Å². The van der Waals surface area contributed by atoms with Gasteiger partial charge in [-0.05, 0) is 56.5 Å². The first-order chi connectivity index (χ1) is 16.4. The molecule has 3 aromatic rings. The van der Waals surface area contributed by atoms with Crippen LogP contribution in [0.15, 0.2) is 48.2 Å². The van der Waals surface area contributed by atoms with Crippen molar-refractivity contribution in [3.63, 3.8) is 0 Å². The summed E-state index contributed by atoms with van der Waals surface area (Å²) in [6.45, 7) is 6.88. The number of fused-ring (bicyclic) bond motifs is 1. The second-order valence-corrected chi connectivity index (χ2v) is 8.27. The van der Waals surface area contributed by atoms with Gasteiger partial charge in [0.2, 0.25) is 0 Å². The highest BCUT2D eigenvalue weighted by atomic mass is 16.5. The SMILES string of the molecule is CCOc1cccc(C2C(=C(O)c3nc4c(C)cccn4c3C)C(=O)C(=O)N2CCCOC)c1. The van der Waals surface area contributed by atoms with Crippen molar-refractivity contribution in [3.8, 4) is 5.75 Å². The van der Waals surface area contributed by atoms with E-state index in [1.165, 1.54) is 4.90 Å². The highest BCUT2D eigenvalue weighted by Crippen LogP contribution is 2.40. The maximum absolute atomic E-state index is 13.2. The number of benzene rings is 1. The van der Waals surface area contributed by atoms with Crippen LogP contribution < -0.4 is 4.74 Å². The van der Waals surface area contributed by atoms with Crippen LogP contribution >= 0.6 is 0 Å². The fourth-order valence-electron chi connectivity index (χ4n) is 4.45. The van der Waals surface area contributed by atoms with E-state index < -0.39 is 17.7 Å². The minimum absolute atomic E-state index is 0.0280. The van der Waals surface area contributed by atoms with Gasteiger partial charge in [-0.3, -0.25) is 9.59 Å². The molecule has 1 N–H and O–H groups in total. The maximum Gasteiger partial charge on any atom is 0.295 e. The molecular weight excluding hydrogens is 434 g/mol. The van der Waals surface area contributed by atoms with E-state index in [0.717, 1.165) is 5.56 Å². The van der Waals surface area contributed by atoms with Gasteiger partial charge in [0, 0.05) is 26.5 Å². The Bertz CT molecular complexity index is 1280. The van der Waals surface area contributed by atoms with Gasteiger partial charge in [-0.1, -0.05) is 18.2 Å². The van der Waals surface area contributed by atoms with Crippen molar-refractivity contribution >= 4 is 23.1 Å². The molecule has 4 rings (SSSR count). The molecular formula is C26H29N3O5. The van der Waals surface area contributed by atoms with E-state index in [0.29, 0.717) is 48.8 Å². The number of aromatic nitrogens is 2. The molecule has 0 spiro atoms. The topological polar surface area (TPSA) is 93.4 Å². The number of hydrogen-bond donors (Lipinski definition) is 1. The predicted molar refractivity (Wildman–Crippen MR) is 128 cm³/mol. The zero-order valence-electron chi connectivity index (χ0n) is 19.9. The Kier molecular flexibility index (Phi) is 6.70. The van der Waals surface area contributed by atoms with Crippen molar-refractivity contribution in [2.75, 3.05) is 26.9 Å². The van der Waals surface area contributed by atoms with E-state index >= 15 is 0 Å². The lowest BCUT2D eigenvalue weighted by atomic mass is 9.96. The summed E-state index contributed by atoms with van der Waals surface area (Å²) in [7, 11) is 1.59. The molecule has 1 saturated heterocycles. The van der Waals surface area contributed by atoms with E-state index in [-0.39, 0.29) is 17.0 Å². The molecule has 8 nitrogen and oxygen atoms in total. The lowest BCUT2D eigenvalue weighted by Gasteiger charge is -2.25. The van der Waals surface area contributed by atoms with Crippen molar-refractivity contribution in [2.45, 2.75) is 33.2 Å². The quantitative estimate of drug-likeness (QED) is 0.236. The summed E-state index contributed by atoms with van der Waals surface area (Å²) in [5.74, 6) is -1.03. The Morgan fingerprint density at radius 1 is 1.18 bits per heavy atom. The number of carbonyl (C=O) groups is 2. The summed E-state index contributed by atoms with van der Waals surface area (Å²) in [5, 5.41) is 11.4. The number of rotatable bonds is 8. The average Bonchev–Trinajstić information content (AvgIpc) is 3.29. The number of carbonyl (C=O) groups excluding carboxylic acids is 2. The maximum atomic E-state index is 13.2. The third-order valence-electron chi connectivity index (χ3n) is 6.08. The van der Waals surface area contributed by atoms with Crippen molar-refractivity contribution in [1.82, 2.24) is 14.3 Å². The molecule has 178 valence electrons. The lowest BCUT2D eigenvalue weighted by Crippen LogP contribution is -2.31. The number of ether oxygens (including phenoxy) is 2. The molecule has 0 radical (unpaired) electrons. The van der Waals surface area contributed by atoms with Crippen molar-refractivity contribution in [3.05, 3.63) is 70.7 Å². The number of Topliss-reactive ketones (excluding diaryl/α,β-unsaturated/α-hetero) is 1. The molecule has 0 aliphatic carbocycles. The minimum atomic E-state index is -0.762. The monoisotopic (exact) mass is 463 g/mol. The minimum Gasteiger partial charge on any atom is -0.505 e. The van der Waals surface area contributed by atoms with E-state index in [9.17, 15) is 14.7 Å². The summed E-state index contributed by atoms with van der Waals surface area (Å²) >= 11 is 0. The summed E-state index contributed by atoms with van der Waals surface area (Å²) in [4.78, 5) is 32.4. The summed E-state index contributed by atoms with van der Waals surface area (Å²) in [6, 6.07) is 10.3. The molecule has 1 amide bonds. The Morgan fingerprint density at radius 2 is 1.97 bits per heavy atom. The Balaban J connectivity index is 1.89. The molecule has 1 aromatic carbocycles. The number of aliphatic hydroxyl groups is 1. The zero-order chi connectivity index (χ0) is 24.4. The van der Waals surface area contributed by atoms with Gasteiger partial charge in [-0.25, -0.2) is 4.98 Å². The van der Waals surface area contributed by atoms with Gasteiger partial charge in [-0.15, -0.1) is 0 Å². The highest BCUT2D eigenvalue weighted by molar-refractivity contribution is 6.46. The number of aliphatic hydroxyl groups excluding tert-OH is 1. The summed E-state index contributed by atoms with van der Waals surface area (Å²) in [6.07, 6.45) is 2.41. The van der Waals surface area contributed by atoms with E-state index in [1.54, 1.807) is 13.2 Å². The molecule has 1 unspecified atom stereocenters. The Hall–Kier alpha value is -3.65. The van der Waals surface area contributed by atoms with Crippen LogP contribution in [0.5, 0.6) is 5.75 Å². The van der Waals surface area contributed by atoms with Crippen molar-refractivity contribution in [1.29, 1.82) is 0 Å². The molecule has 3 heterocycles. The largest absolute Gasteiger partial charge is 0.505 e. The van der Waals surface area contributed by atoms with Crippen LogP contribution in [0.1, 0.15) is 41.9 Å². The first kappa shape index (κ1) is 23.5. The third-order valence-corrected chi connectivity index (χ3v) is 6.08. The van der Waals surface area contributed by atoms with Crippen LogP contribution in [0.2, 0.25) is 0 Å². The van der Waals surface area contributed by atoms with Gasteiger partial charge >= 0.3 is 0 Å². The van der Waals surface area contributed by atoms with E-state index in [1.807, 2.05) is 61.7 Å². The van der Waals surface area contributed by atoms with Crippen molar-refractivity contribution in [2.24, 2.45) is 0 Å². The van der Waals surface area contributed by atoms with Crippen LogP contribution in [0.4, 0.5) is 0 Å². The number of nitrogens with zero attached hydrogens (tertiary/aromatic N) is 3. The first-order valence-electron chi connectivity index (χ1n) is 11.3. The fraction of sp³-hybridized carbons (Fsp3) is 0.346. The number of likely N-dealkylation sites (tertiary alicyclic amines) is 1. The molecule has 1 atom stereocenters. The number of methoxy groups -OCH3 is 1. The molecule has 34 heavy (non-hydrogen) atoms. The molecule has 0 bridgehead atoms. The number of ketones is 1. The van der Waals surface area contributed by atoms with Crippen LogP contribution in [0.25, 0.3) is 11.4 Å². The predicted octanol–water partition coefficient (Wildman–Crippen LogP) is 3.81. The molecule has 0 saturated carbocycles. The smallest absolute Gasteiger partial charge is 0.295 e. The van der Waals surface area contributed by atoms with Crippen LogP contribution in [-0.2, 0) is 14.3 Å². The molecule has 1 fully saturated rings. The number of pyridine rings is 1. The Morgan fingerprint density at radius 3 is 2.68 bits per heavy atom. The zero-order valence-corrected chi connectivity index (χ0v) is 19.9. The molecule has 2 aromatic heterocycles. The normalized spacial score (nSPS) is 17.6. The van der Waals surface area contributed by atoms with Crippen LogP contribution in [0.3, 0.4) is 0 Å². The van der Waals surface area contributed by atoms with E-state index in [2.05, 4.69) is 4.98 Å². The third kappa shape index (κ3) is 4.05. The first-order valence-corrected chi connectivity index (χ1v) is 11.3. The molecule has 8 heteroatoms. The summed E-state index contributed by atoms with van der Waals surface area (Å²) < 4.78 is 12.7. The highest BCUT2D eigenvalue weighted by Gasteiger charge is 2.46. The van der Waals surface area contributed by atoms with Gasteiger partial charge in [-0.2, -0.15) is 0 Å². The van der Waals surface area contributed by atoms with Gasteiger partial charge in [0.1, 0.15) is 17.1 Å². The van der Waals surface area contributed by atoms with Gasteiger partial charge in [0.15, 0.2) is 5.76 Å². The summed E-state index contributed by atoms with van der Waals surface area (Å²) in [5.41, 5.74) is 3.30. The van der Waals surface area contributed by atoms with Crippen molar-refractivity contribution < 1.29 is 24.2 Å². The van der Waals surface area contributed by atoms with Gasteiger partial charge in [0.05, 0.1) is 23.9 Å². The number of amides is 1. The van der Waals surface area contributed by atoms with Gasteiger partial charge in [0.25, 0.3) is 11.7 Å². The van der Waals surface area contributed by atoms with Crippen LogP contribution in [-0.4, -0.2) is 57.9 Å².